The molecule has 9 heteroatoms. The third-order valence-electron chi connectivity index (χ3n) is 5.02. The molecule has 9 nitrogen and oxygen atoms in total. The number of nitrogens with one attached hydrogen (secondary N) is 1. The summed E-state index contributed by atoms with van der Waals surface area (Å²) in [5.41, 5.74) is 6.65. The third-order valence-corrected chi connectivity index (χ3v) is 5.02. The van der Waals surface area contributed by atoms with E-state index in [1.165, 1.54) is 6.08 Å². The maximum Gasteiger partial charge on any atom is 0.335 e. The van der Waals surface area contributed by atoms with Gasteiger partial charge in [-0.15, -0.1) is 0 Å². The summed E-state index contributed by atoms with van der Waals surface area (Å²) in [7, 11) is 0. The normalized spacial score (nSPS) is 14.6. The number of benzene rings is 3. The van der Waals surface area contributed by atoms with Crippen molar-refractivity contribution in [2.45, 2.75) is 6.61 Å². The highest BCUT2D eigenvalue weighted by Crippen LogP contribution is 2.25. The first-order valence-electron chi connectivity index (χ1n) is 10.6. The molecule has 0 spiro atoms. The number of amides is 5. The van der Waals surface area contributed by atoms with Gasteiger partial charge in [-0.3, -0.25) is 19.7 Å². The van der Waals surface area contributed by atoms with Crippen molar-refractivity contribution in [2.24, 2.45) is 5.73 Å². The zero-order valence-electron chi connectivity index (χ0n) is 18.5. The van der Waals surface area contributed by atoms with E-state index < -0.39 is 23.8 Å². The van der Waals surface area contributed by atoms with Gasteiger partial charge in [0.25, 0.3) is 17.7 Å². The molecule has 0 atom stereocenters. The number of barbiturate groups is 1. The van der Waals surface area contributed by atoms with Crippen LogP contribution in [0, 0.1) is 0 Å². The van der Waals surface area contributed by atoms with Crippen molar-refractivity contribution in [1.82, 2.24) is 5.32 Å². The number of primary amides is 1. The van der Waals surface area contributed by atoms with Gasteiger partial charge in [0.2, 0.25) is 0 Å². The second-order valence-corrected chi connectivity index (χ2v) is 7.55. The molecule has 1 heterocycles. The third kappa shape index (κ3) is 5.72. The van der Waals surface area contributed by atoms with Crippen LogP contribution < -0.4 is 25.4 Å². The highest BCUT2D eigenvalue weighted by molar-refractivity contribution is 6.39. The van der Waals surface area contributed by atoms with Gasteiger partial charge in [0.1, 0.15) is 23.7 Å². The standard InChI is InChI=1S/C26H21N3O6/c27-23(30)16-35-20-10-6-17(7-11-20)14-22-24(31)28-26(33)29(25(22)32)19-8-12-21(13-9-19)34-15-18-4-2-1-3-5-18/h1-14H,15-16H2,(H2,27,30)(H,28,31,33)/b22-14+. The van der Waals surface area contributed by atoms with Gasteiger partial charge < -0.3 is 15.2 Å². The zero-order chi connectivity index (χ0) is 24.8. The highest BCUT2D eigenvalue weighted by atomic mass is 16.5. The van der Waals surface area contributed by atoms with Gasteiger partial charge in [0.15, 0.2) is 6.61 Å². The van der Waals surface area contributed by atoms with Crippen molar-refractivity contribution in [2.75, 3.05) is 11.5 Å². The zero-order valence-corrected chi connectivity index (χ0v) is 18.5. The summed E-state index contributed by atoms with van der Waals surface area (Å²) in [4.78, 5) is 49.6. The number of carbonyl (C=O) groups excluding carboxylic acids is 4. The first kappa shape index (κ1) is 23.2. The summed E-state index contributed by atoms with van der Waals surface area (Å²) in [6, 6.07) is 21.5. The number of ether oxygens (including phenoxy) is 2. The van der Waals surface area contributed by atoms with E-state index in [0.29, 0.717) is 23.7 Å². The molecule has 1 aliphatic heterocycles. The molecule has 0 saturated carbocycles. The first-order valence-corrected chi connectivity index (χ1v) is 10.6. The van der Waals surface area contributed by atoms with E-state index in [-0.39, 0.29) is 17.9 Å². The highest BCUT2D eigenvalue weighted by Gasteiger charge is 2.36. The van der Waals surface area contributed by atoms with Gasteiger partial charge in [-0.2, -0.15) is 0 Å². The van der Waals surface area contributed by atoms with E-state index in [0.717, 1.165) is 10.5 Å². The number of rotatable bonds is 8. The molecule has 0 radical (unpaired) electrons. The van der Waals surface area contributed by atoms with E-state index >= 15 is 0 Å². The van der Waals surface area contributed by atoms with E-state index in [9.17, 15) is 19.2 Å². The lowest BCUT2D eigenvalue weighted by molar-refractivity contribution is -0.123. The van der Waals surface area contributed by atoms with Gasteiger partial charge in [-0.1, -0.05) is 42.5 Å². The molecule has 0 bridgehead atoms. The lowest BCUT2D eigenvalue weighted by Crippen LogP contribution is -2.54. The fourth-order valence-electron chi connectivity index (χ4n) is 3.31. The molecule has 4 rings (SSSR count). The smallest absolute Gasteiger partial charge is 0.335 e. The molecule has 0 aliphatic carbocycles. The number of urea groups is 1. The largest absolute Gasteiger partial charge is 0.489 e. The van der Waals surface area contributed by atoms with Crippen molar-refractivity contribution in [1.29, 1.82) is 0 Å². The summed E-state index contributed by atoms with van der Waals surface area (Å²) < 4.78 is 10.9. The van der Waals surface area contributed by atoms with Crippen LogP contribution in [0.2, 0.25) is 0 Å². The number of carbonyl (C=O) groups is 4. The second kappa shape index (κ2) is 10.3. The summed E-state index contributed by atoms with van der Waals surface area (Å²) in [6.07, 6.45) is 1.37. The van der Waals surface area contributed by atoms with Crippen LogP contribution in [0.4, 0.5) is 10.5 Å². The fourth-order valence-corrected chi connectivity index (χ4v) is 3.31. The van der Waals surface area contributed by atoms with Gasteiger partial charge in [-0.25, -0.2) is 9.69 Å². The predicted molar refractivity (Wildman–Crippen MR) is 127 cm³/mol. The molecule has 176 valence electrons. The minimum atomic E-state index is -0.842. The molecule has 1 aliphatic rings. The van der Waals surface area contributed by atoms with Gasteiger partial charge >= 0.3 is 6.03 Å². The molecule has 0 aromatic heterocycles. The van der Waals surface area contributed by atoms with Crippen LogP contribution in [-0.4, -0.2) is 30.4 Å². The van der Waals surface area contributed by atoms with Crippen LogP contribution in [0.25, 0.3) is 6.08 Å². The Morgan fingerprint density at radius 3 is 2.14 bits per heavy atom. The Balaban J connectivity index is 1.48. The van der Waals surface area contributed by atoms with Gasteiger partial charge in [0.05, 0.1) is 5.69 Å². The van der Waals surface area contributed by atoms with Crippen LogP contribution in [-0.2, 0) is 21.0 Å². The Hall–Kier alpha value is -4.92. The Bertz CT molecular complexity index is 1280. The van der Waals surface area contributed by atoms with Gasteiger partial charge in [0, 0.05) is 0 Å². The maximum atomic E-state index is 13.1. The number of nitrogens with two attached hydrogens (primary N) is 1. The van der Waals surface area contributed by atoms with Crippen molar-refractivity contribution in [3.8, 4) is 11.5 Å². The SMILES string of the molecule is NC(=O)COc1ccc(/C=C2\C(=O)NC(=O)N(c3ccc(OCc4ccccc4)cc3)C2=O)cc1. The quantitative estimate of drug-likeness (QED) is 0.384. The van der Waals surface area contributed by atoms with E-state index in [1.807, 2.05) is 30.3 Å². The monoisotopic (exact) mass is 471 g/mol. The topological polar surface area (TPSA) is 128 Å². The molecular weight excluding hydrogens is 450 g/mol. The molecule has 3 aromatic carbocycles. The molecule has 1 fully saturated rings. The second-order valence-electron chi connectivity index (χ2n) is 7.55. The lowest BCUT2D eigenvalue weighted by atomic mass is 10.1. The Labute approximate surface area is 200 Å². The van der Waals surface area contributed by atoms with Crippen molar-refractivity contribution < 1.29 is 28.7 Å². The first-order chi connectivity index (χ1) is 16.9. The van der Waals surface area contributed by atoms with Crippen molar-refractivity contribution >= 4 is 35.5 Å². The minimum Gasteiger partial charge on any atom is -0.489 e. The van der Waals surface area contributed by atoms with E-state index in [1.54, 1.807) is 48.5 Å². The Morgan fingerprint density at radius 2 is 1.49 bits per heavy atom. The summed E-state index contributed by atoms with van der Waals surface area (Å²) in [6.45, 7) is 0.103. The average molecular weight is 471 g/mol. The molecule has 3 aromatic rings. The fraction of sp³-hybridized carbons (Fsp3) is 0.0769. The summed E-state index contributed by atoms with van der Waals surface area (Å²) in [5, 5.41) is 2.19. The number of hydrogen-bond donors (Lipinski definition) is 2. The summed E-state index contributed by atoms with van der Waals surface area (Å²) in [5.74, 6) is -1.20. The number of imide groups is 2. The van der Waals surface area contributed by atoms with Crippen LogP contribution in [0.3, 0.4) is 0 Å². The van der Waals surface area contributed by atoms with E-state index in [4.69, 9.17) is 15.2 Å². The minimum absolute atomic E-state index is 0.209. The molecule has 35 heavy (non-hydrogen) atoms. The molecule has 0 unspecified atom stereocenters. The number of hydrogen-bond acceptors (Lipinski definition) is 6. The van der Waals surface area contributed by atoms with Crippen LogP contribution >= 0.6 is 0 Å². The number of anilines is 1. The average Bonchev–Trinajstić information content (AvgIpc) is 2.86. The maximum absolute atomic E-state index is 13.1. The van der Waals surface area contributed by atoms with Crippen LogP contribution in [0.5, 0.6) is 11.5 Å². The molecule has 1 saturated heterocycles. The molecule has 5 amide bonds. The predicted octanol–water partition coefficient (Wildman–Crippen LogP) is 2.80. The molecular formula is C26H21N3O6. The van der Waals surface area contributed by atoms with Gasteiger partial charge in [-0.05, 0) is 53.6 Å². The van der Waals surface area contributed by atoms with Crippen molar-refractivity contribution in [3.63, 3.8) is 0 Å². The summed E-state index contributed by atoms with van der Waals surface area (Å²) >= 11 is 0. The van der Waals surface area contributed by atoms with E-state index in [2.05, 4.69) is 5.32 Å². The lowest BCUT2D eigenvalue weighted by Gasteiger charge is -2.26. The number of nitrogens with zero attached hydrogens (tertiary/aromatic N) is 1. The Kier molecular flexibility index (Phi) is 6.87. The Morgan fingerprint density at radius 1 is 0.857 bits per heavy atom. The molecule has 3 N–H and O–H groups in total. The van der Waals surface area contributed by atoms with Crippen LogP contribution in [0.1, 0.15) is 11.1 Å². The van der Waals surface area contributed by atoms with Crippen LogP contribution in [0.15, 0.2) is 84.4 Å². The van der Waals surface area contributed by atoms with Crippen molar-refractivity contribution in [3.05, 3.63) is 95.6 Å².